The van der Waals surface area contributed by atoms with Gasteiger partial charge in [0.2, 0.25) is 5.91 Å². The number of amides is 1. The van der Waals surface area contributed by atoms with Crippen molar-refractivity contribution in [3.63, 3.8) is 0 Å². The Morgan fingerprint density at radius 3 is 2.58 bits per heavy atom. The van der Waals surface area contributed by atoms with Crippen LogP contribution in [0, 0.1) is 6.92 Å². The Bertz CT molecular complexity index is 927. The first-order valence-corrected chi connectivity index (χ1v) is 7.63. The molecule has 3 aromatic rings. The molecule has 3 rings (SSSR count). The number of aromatic amines is 1. The molecule has 2 N–H and O–H groups in total. The van der Waals surface area contributed by atoms with Crippen LogP contribution in [0.25, 0.3) is 10.9 Å². The molecule has 5 nitrogen and oxygen atoms in total. The van der Waals surface area contributed by atoms with Crippen molar-refractivity contribution in [3.05, 3.63) is 65.4 Å². The largest absolute Gasteiger partial charge is 0.477 e. The summed E-state index contributed by atoms with van der Waals surface area (Å²) in [6.07, 6.45) is 0.0239. The number of aryl methyl sites for hydroxylation is 1. The molecule has 0 saturated carbocycles. The Balaban J connectivity index is 1.95. The van der Waals surface area contributed by atoms with E-state index in [-0.39, 0.29) is 18.0 Å². The molecule has 0 saturated heterocycles. The van der Waals surface area contributed by atoms with E-state index in [1.54, 1.807) is 18.0 Å². The van der Waals surface area contributed by atoms with E-state index in [0.717, 1.165) is 22.2 Å². The summed E-state index contributed by atoms with van der Waals surface area (Å²) >= 11 is 0. The molecule has 2 aromatic carbocycles. The highest BCUT2D eigenvalue weighted by molar-refractivity contribution is 6.02. The smallest absolute Gasteiger partial charge is 0.352 e. The molecule has 0 bridgehead atoms. The minimum absolute atomic E-state index is 0.0239. The van der Waals surface area contributed by atoms with Gasteiger partial charge in [-0.3, -0.25) is 4.79 Å². The van der Waals surface area contributed by atoms with E-state index >= 15 is 0 Å². The van der Waals surface area contributed by atoms with Crippen LogP contribution in [0.15, 0.2) is 48.5 Å². The van der Waals surface area contributed by atoms with E-state index in [2.05, 4.69) is 4.98 Å². The van der Waals surface area contributed by atoms with Crippen LogP contribution in [0.2, 0.25) is 0 Å². The standard InChI is InChI=1S/C19H18N2O3/c1-12-6-5-7-13(10-12)21(2)17(22)11-15-14-8-3-4-9-16(14)20-18(15)19(23)24/h3-10,20H,11H2,1-2H3,(H,23,24). The Hall–Kier alpha value is -3.08. The number of benzene rings is 2. The van der Waals surface area contributed by atoms with Crippen LogP contribution >= 0.6 is 0 Å². The van der Waals surface area contributed by atoms with Crippen LogP contribution in [-0.4, -0.2) is 29.0 Å². The van der Waals surface area contributed by atoms with E-state index in [1.165, 1.54) is 0 Å². The second-order valence-corrected chi connectivity index (χ2v) is 5.80. The van der Waals surface area contributed by atoms with Crippen molar-refractivity contribution < 1.29 is 14.7 Å². The molecule has 1 amide bonds. The van der Waals surface area contributed by atoms with Gasteiger partial charge in [0.1, 0.15) is 5.69 Å². The topological polar surface area (TPSA) is 73.4 Å². The fraction of sp³-hybridized carbons (Fsp3) is 0.158. The maximum absolute atomic E-state index is 12.7. The minimum atomic E-state index is -1.06. The van der Waals surface area contributed by atoms with Crippen molar-refractivity contribution in [3.8, 4) is 0 Å². The lowest BCUT2D eigenvalue weighted by Crippen LogP contribution is -2.28. The number of carbonyl (C=O) groups is 2. The van der Waals surface area contributed by atoms with Gasteiger partial charge in [-0.15, -0.1) is 0 Å². The van der Waals surface area contributed by atoms with Crippen molar-refractivity contribution in [2.75, 3.05) is 11.9 Å². The Labute approximate surface area is 139 Å². The third-order valence-corrected chi connectivity index (χ3v) is 4.12. The Morgan fingerprint density at radius 1 is 1.12 bits per heavy atom. The molecule has 1 heterocycles. The monoisotopic (exact) mass is 322 g/mol. The Kier molecular flexibility index (Phi) is 4.08. The van der Waals surface area contributed by atoms with Gasteiger partial charge in [0.05, 0.1) is 6.42 Å². The van der Waals surface area contributed by atoms with Gasteiger partial charge in [-0.2, -0.15) is 0 Å². The highest BCUT2D eigenvalue weighted by atomic mass is 16.4. The quantitative estimate of drug-likeness (QED) is 0.773. The number of carboxylic acids is 1. The lowest BCUT2D eigenvalue weighted by Gasteiger charge is -2.18. The van der Waals surface area contributed by atoms with Crippen LogP contribution in [0.1, 0.15) is 21.6 Å². The number of para-hydroxylation sites is 1. The summed E-state index contributed by atoms with van der Waals surface area (Å²) in [4.78, 5) is 28.6. The molecule has 0 fully saturated rings. The maximum atomic E-state index is 12.7. The van der Waals surface area contributed by atoms with Crippen molar-refractivity contribution >= 4 is 28.5 Å². The van der Waals surface area contributed by atoms with Gasteiger partial charge >= 0.3 is 5.97 Å². The summed E-state index contributed by atoms with van der Waals surface area (Å²) in [5.41, 5.74) is 3.16. The second kappa shape index (κ2) is 6.20. The van der Waals surface area contributed by atoms with Crippen molar-refractivity contribution in [2.24, 2.45) is 0 Å². The number of carboxylic acid groups (broad SMARTS) is 1. The zero-order chi connectivity index (χ0) is 17.3. The lowest BCUT2D eigenvalue weighted by molar-refractivity contribution is -0.117. The molecule has 0 aliphatic rings. The van der Waals surface area contributed by atoms with Crippen LogP contribution in [-0.2, 0) is 11.2 Å². The number of H-pyrrole nitrogens is 1. The van der Waals surface area contributed by atoms with Crippen molar-refractivity contribution in [2.45, 2.75) is 13.3 Å². The predicted octanol–water partition coefficient (Wildman–Crippen LogP) is 3.38. The number of fused-ring (bicyclic) bond motifs is 1. The summed E-state index contributed by atoms with van der Waals surface area (Å²) in [5.74, 6) is -1.22. The number of carbonyl (C=O) groups excluding carboxylic acids is 1. The van der Waals surface area contributed by atoms with Gasteiger partial charge in [0, 0.05) is 29.2 Å². The lowest BCUT2D eigenvalue weighted by atomic mass is 10.1. The average Bonchev–Trinajstić information content (AvgIpc) is 2.93. The highest BCUT2D eigenvalue weighted by Gasteiger charge is 2.21. The van der Waals surface area contributed by atoms with E-state index < -0.39 is 5.97 Å². The molecule has 0 aliphatic heterocycles. The number of nitrogens with one attached hydrogen (secondary N) is 1. The summed E-state index contributed by atoms with van der Waals surface area (Å²) in [6.45, 7) is 1.96. The molecular formula is C19H18N2O3. The predicted molar refractivity (Wildman–Crippen MR) is 93.6 cm³/mol. The number of aromatic carboxylic acids is 1. The first-order chi connectivity index (χ1) is 11.5. The minimum Gasteiger partial charge on any atom is -0.477 e. The summed E-state index contributed by atoms with van der Waals surface area (Å²) in [5, 5.41) is 10.2. The molecule has 0 aliphatic carbocycles. The van der Waals surface area contributed by atoms with Crippen LogP contribution < -0.4 is 4.90 Å². The van der Waals surface area contributed by atoms with Gasteiger partial charge in [-0.05, 0) is 30.7 Å². The van der Waals surface area contributed by atoms with Crippen molar-refractivity contribution in [1.82, 2.24) is 4.98 Å². The zero-order valence-corrected chi connectivity index (χ0v) is 13.5. The van der Waals surface area contributed by atoms with E-state index in [4.69, 9.17) is 0 Å². The number of hydrogen-bond acceptors (Lipinski definition) is 2. The van der Waals surface area contributed by atoms with Gasteiger partial charge < -0.3 is 15.0 Å². The number of aromatic nitrogens is 1. The first kappa shape index (κ1) is 15.8. The van der Waals surface area contributed by atoms with Gasteiger partial charge in [-0.25, -0.2) is 4.79 Å². The van der Waals surface area contributed by atoms with E-state index in [9.17, 15) is 14.7 Å². The van der Waals surface area contributed by atoms with Crippen LogP contribution in [0.4, 0.5) is 5.69 Å². The van der Waals surface area contributed by atoms with E-state index in [1.807, 2.05) is 49.4 Å². The Morgan fingerprint density at radius 2 is 1.88 bits per heavy atom. The fourth-order valence-electron chi connectivity index (χ4n) is 2.82. The summed E-state index contributed by atoms with van der Waals surface area (Å²) in [7, 11) is 1.70. The number of nitrogens with zero attached hydrogens (tertiary/aromatic N) is 1. The SMILES string of the molecule is Cc1cccc(N(C)C(=O)Cc2c(C(=O)O)[nH]c3ccccc23)c1. The number of rotatable bonds is 4. The molecule has 0 spiro atoms. The van der Waals surface area contributed by atoms with Crippen molar-refractivity contribution in [1.29, 1.82) is 0 Å². The molecule has 5 heteroatoms. The fourth-order valence-corrected chi connectivity index (χ4v) is 2.82. The maximum Gasteiger partial charge on any atom is 0.352 e. The highest BCUT2D eigenvalue weighted by Crippen LogP contribution is 2.24. The number of likely N-dealkylation sites (N-methyl/N-ethyl adjacent to an activating group) is 1. The average molecular weight is 322 g/mol. The van der Waals surface area contributed by atoms with Gasteiger partial charge in [0.15, 0.2) is 0 Å². The third kappa shape index (κ3) is 2.88. The molecule has 24 heavy (non-hydrogen) atoms. The molecule has 122 valence electrons. The van der Waals surface area contributed by atoms with Crippen LogP contribution in [0.3, 0.4) is 0 Å². The second-order valence-electron chi connectivity index (χ2n) is 5.80. The zero-order valence-electron chi connectivity index (χ0n) is 13.5. The normalized spacial score (nSPS) is 10.8. The molecule has 0 unspecified atom stereocenters. The van der Waals surface area contributed by atoms with Gasteiger partial charge in [-0.1, -0.05) is 30.3 Å². The molecule has 1 aromatic heterocycles. The molecule has 0 atom stereocenters. The number of anilines is 1. The first-order valence-electron chi connectivity index (χ1n) is 7.63. The summed E-state index contributed by atoms with van der Waals surface area (Å²) < 4.78 is 0. The van der Waals surface area contributed by atoms with Gasteiger partial charge in [0.25, 0.3) is 0 Å². The van der Waals surface area contributed by atoms with Crippen LogP contribution in [0.5, 0.6) is 0 Å². The molecule has 0 radical (unpaired) electrons. The molecular weight excluding hydrogens is 304 g/mol. The third-order valence-electron chi connectivity index (χ3n) is 4.12. The number of hydrogen-bond donors (Lipinski definition) is 2. The summed E-state index contributed by atoms with van der Waals surface area (Å²) in [6, 6.07) is 14.9. The van der Waals surface area contributed by atoms with E-state index in [0.29, 0.717) is 5.56 Å².